The summed E-state index contributed by atoms with van der Waals surface area (Å²) in [4.78, 5) is -0.153. The van der Waals surface area contributed by atoms with E-state index in [2.05, 4.69) is 0 Å². The van der Waals surface area contributed by atoms with E-state index in [0.29, 0.717) is 0 Å². The second-order valence-corrected chi connectivity index (χ2v) is 5.90. The number of sulfonamides is 1. The summed E-state index contributed by atoms with van der Waals surface area (Å²) in [5.41, 5.74) is 5.61. The average Bonchev–Trinajstić information content (AvgIpc) is 2.21. The van der Waals surface area contributed by atoms with Gasteiger partial charge >= 0.3 is 0 Å². The van der Waals surface area contributed by atoms with Crippen molar-refractivity contribution < 1.29 is 12.8 Å². The fourth-order valence-corrected chi connectivity index (χ4v) is 2.28. The Hall–Kier alpha value is -0.690. The minimum absolute atomic E-state index is 0.0213. The lowest BCUT2D eigenvalue weighted by Gasteiger charge is -2.13. The van der Waals surface area contributed by atoms with Crippen LogP contribution in [0.3, 0.4) is 0 Å². The predicted molar refractivity (Wildman–Crippen MR) is 60.2 cm³/mol. The molecule has 7 heteroatoms. The van der Waals surface area contributed by atoms with E-state index in [1.165, 1.54) is 20.2 Å². The van der Waals surface area contributed by atoms with Gasteiger partial charge in [0.25, 0.3) is 0 Å². The summed E-state index contributed by atoms with van der Waals surface area (Å²) in [5.74, 6) is -0.787. The number of hydrogen-bond donors (Lipinski definition) is 1. The molecule has 0 fully saturated rings. The molecule has 0 aliphatic rings. The molecule has 0 heterocycles. The van der Waals surface area contributed by atoms with Crippen molar-refractivity contribution in [3.63, 3.8) is 0 Å². The minimum Gasteiger partial charge on any atom is -0.326 e. The molecule has 0 radical (unpaired) electrons. The Balaban J connectivity index is 3.44. The van der Waals surface area contributed by atoms with Gasteiger partial charge in [0, 0.05) is 20.6 Å². The van der Waals surface area contributed by atoms with Crippen molar-refractivity contribution in [3.05, 3.63) is 28.5 Å². The van der Waals surface area contributed by atoms with Crippen LogP contribution in [0.25, 0.3) is 0 Å². The maximum Gasteiger partial charge on any atom is 0.242 e. The van der Waals surface area contributed by atoms with E-state index >= 15 is 0 Å². The summed E-state index contributed by atoms with van der Waals surface area (Å²) in [6, 6.07) is 2.16. The first-order chi connectivity index (χ1) is 7.30. The molecule has 2 N–H and O–H groups in total. The first kappa shape index (κ1) is 13.4. The largest absolute Gasteiger partial charge is 0.326 e. The Morgan fingerprint density at radius 3 is 2.44 bits per heavy atom. The standard InChI is InChI=1S/C9H12ClFN2O2S/c1-13(2)16(14,15)7-3-6(5-12)9(10)8(11)4-7/h3-4H,5,12H2,1-2H3. The summed E-state index contributed by atoms with van der Waals surface area (Å²) in [6.07, 6.45) is 0. The molecule has 90 valence electrons. The highest BCUT2D eigenvalue weighted by Gasteiger charge is 2.20. The van der Waals surface area contributed by atoms with Crippen molar-refractivity contribution in [2.75, 3.05) is 14.1 Å². The Labute approximate surface area is 98.9 Å². The second-order valence-electron chi connectivity index (χ2n) is 3.37. The van der Waals surface area contributed by atoms with Gasteiger partial charge in [0.2, 0.25) is 10.0 Å². The predicted octanol–water partition coefficient (Wildman–Crippen LogP) is 1.19. The summed E-state index contributed by atoms with van der Waals surface area (Å²) < 4.78 is 37.8. The van der Waals surface area contributed by atoms with E-state index in [4.69, 9.17) is 17.3 Å². The van der Waals surface area contributed by atoms with Crippen LogP contribution in [0.2, 0.25) is 5.02 Å². The minimum atomic E-state index is -3.67. The Kier molecular flexibility index (Phi) is 3.90. The molecule has 0 aromatic heterocycles. The summed E-state index contributed by atoms with van der Waals surface area (Å²) in [7, 11) is -0.940. The molecule has 0 saturated heterocycles. The van der Waals surface area contributed by atoms with Crippen molar-refractivity contribution in [2.45, 2.75) is 11.4 Å². The summed E-state index contributed by atoms with van der Waals surface area (Å²) >= 11 is 5.63. The van der Waals surface area contributed by atoms with E-state index in [9.17, 15) is 12.8 Å². The molecular weight excluding hydrogens is 255 g/mol. The van der Waals surface area contributed by atoms with Gasteiger partial charge in [-0.3, -0.25) is 0 Å². The molecule has 0 amide bonds. The fraction of sp³-hybridized carbons (Fsp3) is 0.333. The highest BCUT2D eigenvalue weighted by molar-refractivity contribution is 7.89. The first-order valence-electron chi connectivity index (χ1n) is 4.41. The van der Waals surface area contributed by atoms with Crippen LogP contribution in [0.15, 0.2) is 17.0 Å². The van der Waals surface area contributed by atoms with Gasteiger partial charge in [-0.15, -0.1) is 0 Å². The van der Waals surface area contributed by atoms with Gasteiger partial charge < -0.3 is 5.73 Å². The van der Waals surface area contributed by atoms with Crippen LogP contribution in [-0.4, -0.2) is 26.8 Å². The van der Waals surface area contributed by atoms with Gasteiger partial charge in [0.1, 0.15) is 5.82 Å². The molecule has 1 aromatic carbocycles. The SMILES string of the molecule is CN(C)S(=O)(=O)c1cc(F)c(Cl)c(CN)c1. The van der Waals surface area contributed by atoms with E-state index < -0.39 is 15.8 Å². The van der Waals surface area contributed by atoms with Crippen molar-refractivity contribution in [3.8, 4) is 0 Å². The number of hydrogen-bond acceptors (Lipinski definition) is 3. The normalized spacial score (nSPS) is 12.1. The molecule has 0 bridgehead atoms. The number of nitrogens with two attached hydrogens (primary N) is 1. The molecular formula is C9H12ClFN2O2S. The molecule has 0 saturated carbocycles. The van der Waals surface area contributed by atoms with Crippen LogP contribution < -0.4 is 5.73 Å². The highest BCUT2D eigenvalue weighted by Crippen LogP contribution is 2.25. The summed E-state index contributed by atoms with van der Waals surface area (Å²) in [5, 5.41) is -0.139. The van der Waals surface area contributed by atoms with Gasteiger partial charge in [-0.05, 0) is 17.7 Å². The van der Waals surface area contributed by atoms with Crippen molar-refractivity contribution >= 4 is 21.6 Å². The fourth-order valence-electron chi connectivity index (χ4n) is 1.13. The van der Waals surface area contributed by atoms with Gasteiger partial charge in [-0.1, -0.05) is 11.6 Å². The molecule has 0 aliphatic carbocycles. The number of nitrogens with zero attached hydrogens (tertiary/aromatic N) is 1. The quantitative estimate of drug-likeness (QED) is 0.894. The molecule has 0 atom stereocenters. The van der Waals surface area contributed by atoms with Crippen LogP contribution in [0.1, 0.15) is 5.56 Å². The van der Waals surface area contributed by atoms with Gasteiger partial charge in [0.15, 0.2) is 0 Å². The Bertz CT molecular complexity index is 502. The van der Waals surface area contributed by atoms with E-state index in [0.717, 1.165) is 10.4 Å². The van der Waals surface area contributed by atoms with Crippen molar-refractivity contribution in [2.24, 2.45) is 5.73 Å². The van der Waals surface area contributed by atoms with Crippen molar-refractivity contribution in [1.29, 1.82) is 0 Å². The molecule has 0 spiro atoms. The van der Waals surface area contributed by atoms with E-state index in [1.807, 2.05) is 0 Å². The molecule has 0 unspecified atom stereocenters. The smallest absolute Gasteiger partial charge is 0.242 e. The van der Waals surface area contributed by atoms with Gasteiger partial charge in [0.05, 0.1) is 9.92 Å². The molecule has 4 nitrogen and oxygen atoms in total. The van der Waals surface area contributed by atoms with Crippen LogP contribution in [-0.2, 0) is 16.6 Å². The maximum absolute atomic E-state index is 13.3. The third-order valence-electron chi connectivity index (χ3n) is 2.08. The Morgan fingerprint density at radius 2 is 2.00 bits per heavy atom. The number of halogens is 2. The molecule has 0 aliphatic heterocycles. The maximum atomic E-state index is 13.3. The second kappa shape index (κ2) is 4.67. The van der Waals surface area contributed by atoms with Crippen LogP contribution in [0.5, 0.6) is 0 Å². The third-order valence-corrected chi connectivity index (χ3v) is 4.29. The lowest BCUT2D eigenvalue weighted by molar-refractivity contribution is 0.519. The average molecular weight is 267 g/mol. The number of benzene rings is 1. The van der Waals surface area contributed by atoms with Gasteiger partial charge in [-0.25, -0.2) is 17.1 Å². The highest BCUT2D eigenvalue weighted by atomic mass is 35.5. The number of rotatable bonds is 3. The topological polar surface area (TPSA) is 63.4 Å². The lowest BCUT2D eigenvalue weighted by Crippen LogP contribution is -2.22. The van der Waals surface area contributed by atoms with Crippen molar-refractivity contribution in [1.82, 2.24) is 4.31 Å². The van der Waals surface area contributed by atoms with Gasteiger partial charge in [-0.2, -0.15) is 0 Å². The van der Waals surface area contributed by atoms with E-state index in [1.54, 1.807) is 0 Å². The zero-order valence-electron chi connectivity index (χ0n) is 8.87. The first-order valence-corrected chi connectivity index (χ1v) is 6.23. The lowest BCUT2D eigenvalue weighted by atomic mass is 10.2. The zero-order valence-corrected chi connectivity index (χ0v) is 10.4. The molecule has 1 rings (SSSR count). The monoisotopic (exact) mass is 266 g/mol. The summed E-state index contributed by atoms with van der Waals surface area (Å²) in [6.45, 7) is -0.0213. The van der Waals surface area contributed by atoms with E-state index in [-0.39, 0.29) is 22.0 Å². The zero-order chi connectivity index (χ0) is 12.5. The van der Waals surface area contributed by atoms with Crippen LogP contribution >= 0.6 is 11.6 Å². The van der Waals surface area contributed by atoms with Crippen LogP contribution in [0.4, 0.5) is 4.39 Å². The van der Waals surface area contributed by atoms with Crippen LogP contribution in [0, 0.1) is 5.82 Å². The molecule has 16 heavy (non-hydrogen) atoms. The Morgan fingerprint density at radius 1 is 1.44 bits per heavy atom. The molecule has 1 aromatic rings. The third kappa shape index (κ3) is 2.35.